The average Bonchev–Trinajstić information content (AvgIpc) is 2.46. The van der Waals surface area contributed by atoms with Gasteiger partial charge in [-0.3, -0.25) is 4.79 Å². The minimum atomic E-state index is 0.123. The van der Waals surface area contributed by atoms with Gasteiger partial charge in [0.25, 0.3) is 0 Å². The minimum absolute atomic E-state index is 0.123. The first-order chi connectivity index (χ1) is 9.17. The van der Waals surface area contributed by atoms with E-state index in [9.17, 15) is 10.1 Å². The van der Waals surface area contributed by atoms with Gasteiger partial charge in [-0.15, -0.1) is 11.8 Å². The van der Waals surface area contributed by atoms with Gasteiger partial charge in [0.2, 0.25) is 5.91 Å². The van der Waals surface area contributed by atoms with Crippen LogP contribution in [-0.2, 0) is 4.79 Å². The van der Waals surface area contributed by atoms with Crippen molar-refractivity contribution in [1.29, 1.82) is 5.26 Å². The van der Waals surface area contributed by atoms with E-state index in [2.05, 4.69) is 11.0 Å². The molecule has 0 bridgehead atoms. The Kier molecular flexibility index (Phi) is 4.33. The molecule has 1 aromatic rings. The Hall–Kier alpha value is -1.67. The molecule has 1 amide bonds. The quantitative estimate of drug-likeness (QED) is 0.774. The number of piperazine rings is 1. The zero-order chi connectivity index (χ0) is 13.8. The van der Waals surface area contributed by atoms with Crippen molar-refractivity contribution in [3.8, 4) is 6.07 Å². The largest absolute Gasteiger partial charge is 0.367 e. The van der Waals surface area contributed by atoms with Crippen molar-refractivity contribution in [3.05, 3.63) is 23.8 Å². The summed E-state index contributed by atoms with van der Waals surface area (Å²) in [5.74, 6) is 0.123. The Balaban J connectivity index is 2.20. The van der Waals surface area contributed by atoms with Crippen LogP contribution < -0.4 is 4.90 Å². The maximum atomic E-state index is 11.3. The van der Waals surface area contributed by atoms with Gasteiger partial charge in [0.1, 0.15) is 6.07 Å². The molecule has 1 heterocycles. The van der Waals surface area contributed by atoms with Crippen molar-refractivity contribution >= 4 is 23.4 Å². The van der Waals surface area contributed by atoms with Gasteiger partial charge < -0.3 is 9.80 Å². The summed E-state index contributed by atoms with van der Waals surface area (Å²) in [6, 6.07) is 8.25. The molecule has 19 heavy (non-hydrogen) atoms. The molecule has 1 saturated heterocycles. The first-order valence-electron chi connectivity index (χ1n) is 6.25. The van der Waals surface area contributed by atoms with E-state index in [1.54, 1.807) is 18.7 Å². The highest BCUT2D eigenvalue weighted by Crippen LogP contribution is 2.29. The predicted octanol–water partition coefficient (Wildman–Crippen LogP) is 1.95. The molecule has 0 saturated carbocycles. The zero-order valence-corrected chi connectivity index (χ0v) is 12.0. The van der Waals surface area contributed by atoms with Crippen LogP contribution in [0, 0.1) is 11.3 Å². The van der Waals surface area contributed by atoms with Crippen LogP contribution in [-0.4, -0.2) is 43.2 Å². The molecular weight excluding hydrogens is 258 g/mol. The van der Waals surface area contributed by atoms with Gasteiger partial charge in [-0.1, -0.05) is 6.07 Å². The topological polar surface area (TPSA) is 47.3 Å². The van der Waals surface area contributed by atoms with Crippen molar-refractivity contribution in [2.45, 2.75) is 11.8 Å². The standard InChI is InChI=1S/C14H17N3OS/c1-11(18)16-6-8-17(9-7-16)13-4-3-5-14(19-2)12(13)10-15/h3-5H,6-9H2,1-2H3. The first-order valence-corrected chi connectivity index (χ1v) is 7.47. The van der Waals surface area contributed by atoms with Gasteiger partial charge in [0.05, 0.1) is 11.3 Å². The molecule has 0 radical (unpaired) electrons. The van der Waals surface area contributed by atoms with Crippen molar-refractivity contribution in [2.24, 2.45) is 0 Å². The summed E-state index contributed by atoms with van der Waals surface area (Å²) in [7, 11) is 0. The average molecular weight is 275 g/mol. The lowest BCUT2D eigenvalue weighted by molar-refractivity contribution is -0.129. The molecule has 1 aliphatic rings. The summed E-state index contributed by atoms with van der Waals surface area (Å²) in [5, 5.41) is 9.35. The number of amides is 1. The highest BCUT2D eigenvalue weighted by molar-refractivity contribution is 7.98. The molecule has 1 aromatic carbocycles. The third kappa shape index (κ3) is 2.85. The van der Waals surface area contributed by atoms with Crippen molar-refractivity contribution in [1.82, 2.24) is 4.90 Å². The number of benzene rings is 1. The molecule has 4 nitrogen and oxygen atoms in total. The lowest BCUT2D eigenvalue weighted by Crippen LogP contribution is -2.48. The summed E-state index contributed by atoms with van der Waals surface area (Å²) in [5.41, 5.74) is 1.73. The van der Waals surface area contributed by atoms with E-state index in [1.807, 2.05) is 29.4 Å². The molecular formula is C14H17N3OS. The maximum Gasteiger partial charge on any atom is 0.219 e. The van der Waals surface area contributed by atoms with E-state index < -0.39 is 0 Å². The Morgan fingerprint density at radius 1 is 1.32 bits per heavy atom. The number of carbonyl (C=O) groups excluding carboxylic acids is 1. The third-order valence-corrected chi connectivity index (χ3v) is 4.18. The van der Waals surface area contributed by atoms with Crippen LogP contribution in [0.3, 0.4) is 0 Å². The van der Waals surface area contributed by atoms with Gasteiger partial charge >= 0.3 is 0 Å². The number of nitrogens with zero attached hydrogens (tertiary/aromatic N) is 3. The van der Waals surface area contributed by atoms with Crippen LogP contribution in [0.2, 0.25) is 0 Å². The van der Waals surface area contributed by atoms with Crippen LogP contribution in [0.1, 0.15) is 12.5 Å². The highest BCUT2D eigenvalue weighted by atomic mass is 32.2. The fourth-order valence-electron chi connectivity index (χ4n) is 2.33. The monoisotopic (exact) mass is 275 g/mol. The van der Waals surface area contributed by atoms with E-state index in [0.717, 1.165) is 42.3 Å². The summed E-state index contributed by atoms with van der Waals surface area (Å²) < 4.78 is 0. The van der Waals surface area contributed by atoms with Crippen LogP contribution in [0.15, 0.2) is 23.1 Å². The summed E-state index contributed by atoms with van der Waals surface area (Å²) >= 11 is 1.59. The second-order valence-electron chi connectivity index (χ2n) is 4.46. The van der Waals surface area contributed by atoms with Gasteiger partial charge in [-0.25, -0.2) is 0 Å². The Morgan fingerprint density at radius 2 is 2.00 bits per heavy atom. The van der Waals surface area contributed by atoms with Gasteiger partial charge in [-0.05, 0) is 18.4 Å². The van der Waals surface area contributed by atoms with E-state index in [1.165, 1.54) is 0 Å². The molecule has 0 aliphatic carbocycles. The SMILES string of the molecule is CSc1cccc(N2CCN(C(C)=O)CC2)c1C#N. The van der Waals surface area contributed by atoms with Gasteiger partial charge in [0, 0.05) is 38.0 Å². The molecule has 5 heteroatoms. The van der Waals surface area contributed by atoms with Crippen LogP contribution in [0.25, 0.3) is 0 Å². The second-order valence-corrected chi connectivity index (χ2v) is 5.31. The molecule has 100 valence electrons. The Bertz CT molecular complexity index is 516. The summed E-state index contributed by atoms with van der Waals surface area (Å²) in [6.07, 6.45) is 1.98. The Morgan fingerprint density at radius 3 is 2.53 bits per heavy atom. The number of anilines is 1. The van der Waals surface area contributed by atoms with Crippen LogP contribution >= 0.6 is 11.8 Å². The molecule has 1 fully saturated rings. The number of rotatable bonds is 2. The highest BCUT2D eigenvalue weighted by Gasteiger charge is 2.21. The number of hydrogen-bond donors (Lipinski definition) is 0. The maximum absolute atomic E-state index is 11.3. The normalized spacial score (nSPS) is 15.2. The molecule has 0 N–H and O–H groups in total. The minimum Gasteiger partial charge on any atom is -0.367 e. The van der Waals surface area contributed by atoms with E-state index in [4.69, 9.17) is 0 Å². The number of nitriles is 1. The van der Waals surface area contributed by atoms with E-state index in [0.29, 0.717) is 0 Å². The smallest absolute Gasteiger partial charge is 0.219 e. The first kappa shape index (κ1) is 13.8. The molecule has 0 atom stereocenters. The number of thioether (sulfide) groups is 1. The molecule has 1 aliphatic heterocycles. The van der Waals surface area contributed by atoms with Gasteiger partial charge in [0.15, 0.2) is 0 Å². The molecule has 2 rings (SSSR count). The van der Waals surface area contributed by atoms with Crippen molar-refractivity contribution in [2.75, 3.05) is 37.3 Å². The predicted molar refractivity (Wildman–Crippen MR) is 77.4 cm³/mol. The van der Waals surface area contributed by atoms with Gasteiger partial charge in [-0.2, -0.15) is 5.26 Å². The van der Waals surface area contributed by atoms with Crippen molar-refractivity contribution in [3.63, 3.8) is 0 Å². The fraction of sp³-hybridized carbons (Fsp3) is 0.429. The number of carbonyl (C=O) groups is 1. The summed E-state index contributed by atoms with van der Waals surface area (Å²) in [4.78, 5) is 16.4. The lowest BCUT2D eigenvalue weighted by Gasteiger charge is -2.36. The zero-order valence-electron chi connectivity index (χ0n) is 11.2. The second kappa shape index (κ2) is 5.98. The van der Waals surface area contributed by atoms with Crippen LogP contribution in [0.5, 0.6) is 0 Å². The molecule has 0 spiro atoms. The lowest BCUT2D eigenvalue weighted by atomic mass is 10.1. The number of hydrogen-bond acceptors (Lipinski definition) is 4. The third-order valence-electron chi connectivity index (χ3n) is 3.40. The molecule has 0 aromatic heterocycles. The van der Waals surface area contributed by atoms with E-state index in [-0.39, 0.29) is 5.91 Å². The van der Waals surface area contributed by atoms with Crippen molar-refractivity contribution < 1.29 is 4.79 Å². The fourth-order valence-corrected chi connectivity index (χ4v) is 2.90. The Labute approximate surface area is 118 Å². The summed E-state index contributed by atoms with van der Waals surface area (Å²) in [6.45, 7) is 4.62. The molecule has 0 unspecified atom stereocenters. The van der Waals surface area contributed by atoms with Crippen LogP contribution in [0.4, 0.5) is 5.69 Å². The van der Waals surface area contributed by atoms with E-state index >= 15 is 0 Å².